The summed E-state index contributed by atoms with van der Waals surface area (Å²) in [7, 11) is 0. The highest BCUT2D eigenvalue weighted by molar-refractivity contribution is 7.17. The molecule has 2 aromatic rings. The molecule has 0 unspecified atom stereocenters. The van der Waals surface area contributed by atoms with Gasteiger partial charge in [-0.05, 0) is 31.0 Å². The van der Waals surface area contributed by atoms with Crippen LogP contribution in [0.15, 0.2) is 18.2 Å². The Labute approximate surface area is 113 Å². The van der Waals surface area contributed by atoms with Crippen molar-refractivity contribution >= 4 is 28.7 Å². The van der Waals surface area contributed by atoms with Gasteiger partial charge in [-0.25, -0.2) is 4.98 Å². The van der Waals surface area contributed by atoms with Gasteiger partial charge in [0.2, 0.25) is 0 Å². The predicted octanol–water partition coefficient (Wildman–Crippen LogP) is 3.69. The van der Waals surface area contributed by atoms with Crippen molar-refractivity contribution in [3.05, 3.63) is 33.8 Å². The normalized spacial score (nSPS) is 14.6. The van der Waals surface area contributed by atoms with E-state index >= 15 is 0 Å². The van der Waals surface area contributed by atoms with Gasteiger partial charge in [-0.3, -0.25) is 4.79 Å². The summed E-state index contributed by atoms with van der Waals surface area (Å²) < 4.78 is 0. The van der Waals surface area contributed by atoms with E-state index in [1.807, 2.05) is 0 Å². The minimum atomic E-state index is 0.0535. The summed E-state index contributed by atoms with van der Waals surface area (Å²) in [6.45, 7) is 0. The number of carbonyl (C=O) groups is 1. The highest BCUT2D eigenvalue weighted by Crippen LogP contribution is 2.35. The molecule has 1 aromatic heterocycles. The molecular formula is C13H10ClNO2S. The average Bonchev–Trinajstić information content (AvgIpc) is 2.78. The zero-order valence-corrected chi connectivity index (χ0v) is 11.0. The first-order valence-electron chi connectivity index (χ1n) is 5.67. The number of thiazole rings is 1. The molecule has 92 valence electrons. The van der Waals surface area contributed by atoms with E-state index in [1.54, 1.807) is 18.2 Å². The number of phenolic OH excluding ortho intramolecular Hbond substituents is 1. The summed E-state index contributed by atoms with van der Waals surface area (Å²) in [6.07, 6.45) is 2.36. The zero-order chi connectivity index (χ0) is 12.7. The Morgan fingerprint density at radius 1 is 1.33 bits per heavy atom. The van der Waals surface area contributed by atoms with Crippen LogP contribution in [0.2, 0.25) is 5.02 Å². The van der Waals surface area contributed by atoms with Crippen LogP contribution in [-0.2, 0) is 6.42 Å². The van der Waals surface area contributed by atoms with E-state index in [0.29, 0.717) is 11.4 Å². The number of fused-ring (bicyclic) bond motifs is 1. The number of aromatic nitrogens is 1. The lowest BCUT2D eigenvalue weighted by molar-refractivity contribution is 0.0976. The first kappa shape index (κ1) is 11.7. The van der Waals surface area contributed by atoms with E-state index in [0.717, 1.165) is 34.0 Å². The third-order valence-electron chi connectivity index (χ3n) is 2.96. The molecule has 0 fully saturated rings. The SMILES string of the molecule is O=C1CCCc2nc(-c3ccc(O)c(Cl)c3)sc21. The summed E-state index contributed by atoms with van der Waals surface area (Å²) in [6, 6.07) is 4.97. The number of hydrogen-bond acceptors (Lipinski definition) is 4. The van der Waals surface area contributed by atoms with Gasteiger partial charge in [-0.15, -0.1) is 11.3 Å². The minimum Gasteiger partial charge on any atom is -0.506 e. The van der Waals surface area contributed by atoms with Crippen molar-refractivity contribution in [1.29, 1.82) is 0 Å². The Morgan fingerprint density at radius 2 is 2.17 bits per heavy atom. The molecule has 0 radical (unpaired) electrons. The second-order valence-corrected chi connectivity index (χ2v) is 5.64. The highest BCUT2D eigenvalue weighted by Gasteiger charge is 2.22. The molecule has 1 heterocycles. The molecule has 0 saturated carbocycles. The molecule has 0 spiro atoms. The van der Waals surface area contributed by atoms with Crippen LogP contribution in [0.5, 0.6) is 5.75 Å². The van der Waals surface area contributed by atoms with Crippen LogP contribution >= 0.6 is 22.9 Å². The average molecular weight is 280 g/mol. The minimum absolute atomic E-state index is 0.0535. The van der Waals surface area contributed by atoms with E-state index in [1.165, 1.54) is 11.3 Å². The molecule has 0 saturated heterocycles. The van der Waals surface area contributed by atoms with E-state index in [2.05, 4.69) is 4.98 Å². The van der Waals surface area contributed by atoms with Gasteiger partial charge in [0.1, 0.15) is 10.8 Å². The van der Waals surface area contributed by atoms with Gasteiger partial charge in [0.05, 0.1) is 15.6 Å². The standard InChI is InChI=1S/C13H10ClNO2S/c14-8-6-7(4-5-10(8)16)13-15-9-2-1-3-11(17)12(9)18-13/h4-6,16H,1-3H2. The van der Waals surface area contributed by atoms with Crippen molar-refractivity contribution < 1.29 is 9.90 Å². The van der Waals surface area contributed by atoms with Crippen LogP contribution in [0.25, 0.3) is 10.6 Å². The molecule has 18 heavy (non-hydrogen) atoms. The fourth-order valence-corrected chi connectivity index (χ4v) is 3.29. The summed E-state index contributed by atoms with van der Waals surface area (Å²) in [5, 5.41) is 10.5. The van der Waals surface area contributed by atoms with Crippen LogP contribution in [0.4, 0.5) is 0 Å². The number of rotatable bonds is 1. The van der Waals surface area contributed by atoms with E-state index in [-0.39, 0.29) is 11.5 Å². The molecule has 0 atom stereocenters. The van der Waals surface area contributed by atoms with Gasteiger partial charge in [0.25, 0.3) is 0 Å². The third kappa shape index (κ3) is 1.91. The van der Waals surface area contributed by atoms with Crippen LogP contribution in [0, 0.1) is 0 Å². The maximum atomic E-state index is 11.8. The Morgan fingerprint density at radius 3 is 2.89 bits per heavy atom. The number of Topliss-reactive ketones (excluding diaryl/α,β-unsaturated/α-hetero) is 1. The monoisotopic (exact) mass is 279 g/mol. The van der Waals surface area contributed by atoms with Crippen LogP contribution in [0.1, 0.15) is 28.2 Å². The lowest BCUT2D eigenvalue weighted by Gasteiger charge is -2.06. The van der Waals surface area contributed by atoms with Crippen molar-refractivity contribution in [2.24, 2.45) is 0 Å². The molecule has 1 N–H and O–H groups in total. The summed E-state index contributed by atoms with van der Waals surface area (Å²) in [4.78, 5) is 17.0. The molecule has 0 aliphatic heterocycles. The lowest BCUT2D eigenvalue weighted by atomic mass is 10.0. The van der Waals surface area contributed by atoms with Crippen LogP contribution in [0.3, 0.4) is 0 Å². The van der Waals surface area contributed by atoms with Crippen LogP contribution in [-0.4, -0.2) is 15.9 Å². The van der Waals surface area contributed by atoms with Crippen molar-refractivity contribution in [3.63, 3.8) is 0 Å². The van der Waals surface area contributed by atoms with Crippen molar-refractivity contribution in [2.75, 3.05) is 0 Å². The van der Waals surface area contributed by atoms with Crippen molar-refractivity contribution in [3.8, 4) is 16.3 Å². The maximum absolute atomic E-state index is 11.8. The number of phenols is 1. The quantitative estimate of drug-likeness (QED) is 0.866. The number of ketones is 1. The Bertz CT molecular complexity index is 636. The topological polar surface area (TPSA) is 50.2 Å². The smallest absolute Gasteiger partial charge is 0.174 e. The van der Waals surface area contributed by atoms with Gasteiger partial charge in [0, 0.05) is 12.0 Å². The van der Waals surface area contributed by atoms with Crippen molar-refractivity contribution in [2.45, 2.75) is 19.3 Å². The molecule has 1 aromatic carbocycles. The Hall–Kier alpha value is -1.39. The molecule has 0 amide bonds. The second kappa shape index (κ2) is 4.37. The van der Waals surface area contributed by atoms with Gasteiger partial charge in [0.15, 0.2) is 5.78 Å². The van der Waals surface area contributed by atoms with Gasteiger partial charge in [-0.2, -0.15) is 0 Å². The number of carbonyl (C=O) groups excluding carboxylic acids is 1. The third-order valence-corrected chi connectivity index (χ3v) is 4.45. The number of aromatic hydroxyl groups is 1. The molecule has 5 heteroatoms. The fraction of sp³-hybridized carbons (Fsp3) is 0.231. The second-order valence-electron chi connectivity index (χ2n) is 4.24. The summed E-state index contributed by atoms with van der Waals surface area (Å²) in [5.41, 5.74) is 1.74. The predicted molar refractivity (Wildman–Crippen MR) is 71.5 cm³/mol. The summed E-state index contributed by atoms with van der Waals surface area (Å²) in [5.74, 6) is 0.239. The summed E-state index contributed by atoms with van der Waals surface area (Å²) >= 11 is 7.29. The van der Waals surface area contributed by atoms with E-state index in [9.17, 15) is 9.90 Å². The first-order valence-corrected chi connectivity index (χ1v) is 6.86. The molecule has 3 nitrogen and oxygen atoms in total. The fourth-order valence-electron chi connectivity index (χ4n) is 2.03. The molecular weight excluding hydrogens is 270 g/mol. The van der Waals surface area contributed by atoms with E-state index < -0.39 is 0 Å². The lowest BCUT2D eigenvalue weighted by Crippen LogP contribution is -2.07. The van der Waals surface area contributed by atoms with E-state index in [4.69, 9.17) is 11.6 Å². The number of aryl methyl sites for hydroxylation is 1. The highest BCUT2D eigenvalue weighted by atomic mass is 35.5. The Kier molecular flexibility index (Phi) is 2.84. The van der Waals surface area contributed by atoms with Gasteiger partial charge >= 0.3 is 0 Å². The number of nitrogens with zero attached hydrogens (tertiary/aromatic N) is 1. The molecule has 3 rings (SSSR count). The molecule has 1 aliphatic carbocycles. The molecule has 0 bridgehead atoms. The molecule has 1 aliphatic rings. The number of benzene rings is 1. The number of halogens is 1. The Balaban J connectivity index is 2.07. The van der Waals surface area contributed by atoms with Gasteiger partial charge < -0.3 is 5.11 Å². The first-order chi connectivity index (χ1) is 8.65. The van der Waals surface area contributed by atoms with Crippen LogP contribution < -0.4 is 0 Å². The zero-order valence-electron chi connectivity index (χ0n) is 9.44. The maximum Gasteiger partial charge on any atom is 0.174 e. The largest absolute Gasteiger partial charge is 0.506 e. The van der Waals surface area contributed by atoms with Crippen molar-refractivity contribution in [1.82, 2.24) is 4.98 Å². The van der Waals surface area contributed by atoms with Gasteiger partial charge in [-0.1, -0.05) is 11.6 Å². The number of hydrogen-bond donors (Lipinski definition) is 1.